The van der Waals surface area contributed by atoms with E-state index in [4.69, 9.17) is 9.26 Å². The van der Waals surface area contributed by atoms with Crippen LogP contribution in [-0.4, -0.2) is 23.2 Å². The first-order valence-electron chi connectivity index (χ1n) is 6.60. The Morgan fingerprint density at radius 2 is 2.00 bits per heavy atom. The fourth-order valence-electron chi connectivity index (χ4n) is 1.89. The Morgan fingerprint density at radius 3 is 2.68 bits per heavy atom. The monoisotopic (exact) mass is 295 g/mol. The second-order valence-electron chi connectivity index (χ2n) is 4.49. The predicted molar refractivity (Wildman–Crippen MR) is 80.7 cm³/mol. The summed E-state index contributed by atoms with van der Waals surface area (Å²) in [4.78, 5) is 16.1. The van der Waals surface area contributed by atoms with E-state index in [1.54, 1.807) is 18.2 Å². The molecule has 0 fully saturated rings. The van der Waals surface area contributed by atoms with Gasteiger partial charge in [-0.25, -0.2) is 4.98 Å². The maximum absolute atomic E-state index is 12.1. The highest BCUT2D eigenvalue weighted by atomic mass is 16.5. The van der Waals surface area contributed by atoms with E-state index in [9.17, 15) is 4.79 Å². The van der Waals surface area contributed by atoms with Gasteiger partial charge in [0.1, 0.15) is 5.69 Å². The summed E-state index contributed by atoms with van der Waals surface area (Å²) in [5, 5.41) is 6.59. The average Bonchev–Trinajstić information content (AvgIpc) is 3.06. The minimum Gasteiger partial charge on any atom is -0.481 e. The number of nitrogens with one attached hydrogen (secondary N) is 1. The Kier molecular flexibility index (Phi) is 3.82. The van der Waals surface area contributed by atoms with E-state index < -0.39 is 0 Å². The SMILES string of the molecule is COc1ccc(NC(=O)c2cc(-c3ccccc3)no2)cn1. The van der Waals surface area contributed by atoms with Crippen LogP contribution in [0.5, 0.6) is 5.88 Å². The van der Waals surface area contributed by atoms with Gasteiger partial charge in [-0.15, -0.1) is 0 Å². The zero-order valence-corrected chi connectivity index (χ0v) is 11.8. The van der Waals surface area contributed by atoms with E-state index in [1.807, 2.05) is 30.3 Å². The molecule has 0 aliphatic carbocycles. The summed E-state index contributed by atoms with van der Waals surface area (Å²) in [6.07, 6.45) is 1.51. The molecule has 0 aliphatic heterocycles. The van der Waals surface area contributed by atoms with Crippen molar-refractivity contribution in [2.45, 2.75) is 0 Å². The van der Waals surface area contributed by atoms with Crippen LogP contribution in [0.25, 0.3) is 11.3 Å². The van der Waals surface area contributed by atoms with Crippen molar-refractivity contribution in [1.82, 2.24) is 10.1 Å². The number of hydrogen-bond donors (Lipinski definition) is 1. The van der Waals surface area contributed by atoms with Crippen LogP contribution >= 0.6 is 0 Å². The van der Waals surface area contributed by atoms with Crippen molar-refractivity contribution in [3.63, 3.8) is 0 Å². The van der Waals surface area contributed by atoms with Crippen molar-refractivity contribution in [3.8, 4) is 17.1 Å². The Hall–Kier alpha value is -3.15. The maximum atomic E-state index is 12.1. The van der Waals surface area contributed by atoms with E-state index in [0.717, 1.165) is 5.56 Å². The van der Waals surface area contributed by atoms with Gasteiger partial charge in [-0.05, 0) is 6.07 Å². The summed E-state index contributed by atoms with van der Waals surface area (Å²) in [6, 6.07) is 14.4. The van der Waals surface area contributed by atoms with Crippen LogP contribution in [0.4, 0.5) is 5.69 Å². The molecule has 0 bridgehead atoms. The third-order valence-corrected chi connectivity index (χ3v) is 3.01. The second kappa shape index (κ2) is 6.09. The number of nitrogens with zero attached hydrogens (tertiary/aromatic N) is 2. The largest absolute Gasteiger partial charge is 0.481 e. The molecule has 0 saturated carbocycles. The molecule has 0 radical (unpaired) electrons. The topological polar surface area (TPSA) is 77.2 Å². The van der Waals surface area contributed by atoms with E-state index in [2.05, 4.69) is 15.5 Å². The molecule has 0 aliphatic rings. The maximum Gasteiger partial charge on any atom is 0.294 e. The number of carbonyl (C=O) groups excluding carboxylic acids is 1. The number of anilines is 1. The molecule has 110 valence electrons. The van der Waals surface area contributed by atoms with Crippen molar-refractivity contribution in [1.29, 1.82) is 0 Å². The zero-order valence-electron chi connectivity index (χ0n) is 11.8. The van der Waals surface area contributed by atoms with Crippen LogP contribution in [0.1, 0.15) is 10.6 Å². The molecular weight excluding hydrogens is 282 g/mol. The summed E-state index contributed by atoms with van der Waals surface area (Å²) < 4.78 is 10.0. The molecule has 0 saturated heterocycles. The molecule has 22 heavy (non-hydrogen) atoms. The van der Waals surface area contributed by atoms with Crippen LogP contribution in [-0.2, 0) is 0 Å². The minimum atomic E-state index is -0.387. The van der Waals surface area contributed by atoms with Crippen molar-refractivity contribution >= 4 is 11.6 Å². The Balaban J connectivity index is 1.74. The van der Waals surface area contributed by atoms with Gasteiger partial charge in [-0.1, -0.05) is 35.5 Å². The number of benzene rings is 1. The average molecular weight is 295 g/mol. The third kappa shape index (κ3) is 2.95. The van der Waals surface area contributed by atoms with Gasteiger partial charge in [-0.2, -0.15) is 0 Å². The first-order valence-corrected chi connectivity index (χ1v) is 6.60. The first-order chi connectivity index (χ1) is 10.8. The molecular formula is C16H13N3O3. The number of methoxy groups -OCH3 is 1. The van der Waals surface area contributed by atoms with Gasteiger partial charge in [0.15, 0.2) is 0 Å². The molecule has 3 aromatic rings. The molecule has 6 nitrogen and oxygen atoms in total. The first kappa shape index (κ1) is 13.8. The second-order valence-corrected chi connectivity index (χ2v) is 4.49. The fourth-order valence-corrected chi connectivity index (χ4v) is 1.89. The quantitative estimate of drug-likeness (QED) is 0.800. The molecule has 3 rings (SSSR count). The number of ether oxygens (including phenoxy) is 1. The molecule has 2 heterocycles. The van der Waals surface area contributed by atoms with Crippen molar-refractivity contribution in [2.75, 3.05) is 12.4 Å². The van der Waals surface area contributed by atoms with E-state index >= 15 is 0 Å². The molecule has 1 N–H and O–H groups in total. The number of pyridine rings is 1. The van der Waals surface area contributed by atoms with Gasteiger partial charge in [-0.3, -0.25) is 4.79 Å². The van der Waals surface area contributed by atoms with Crippen LogP contribution in [0.3, 0.4) is 0 Å². The van der Waals surface area contributed by atoms with Gasteiger partial charge >= 0.3 is 0 Å². The number of carbonyl (C=O) groups is 1. The number of rotatable bonds is 4. The van der Waals surface area contributed by atoms with Crippen LogP contribution in [0.15, 0.2) is 59.3 Å². The smallest absolute Gasteiger partial charge is 0.294 e. The normalized spacial score (nSPS) is 10.2. The summed E-state index contributed by atoms with van der Waals surface area (Å²) >= 11 is 0. The lowest BCUT2D eigenvalue weighted by Gasteiger charge is -2.03. The van der Waals surface area contributed by atoms with Crippen molar-refractivity contribution in [3.05, 3.63) is 60.5 Å². The van der Waals surface area contributed by atoms with Crippen LogP contribution in [0, 0.1) is 0 Å². The predicted octanol–water partition coefficient (Wildman–Crippen LogP) is 3.00. The van der Waals surface area contributed by atoms with Gasteiger partial charge < -0.3 is 14.6 Å². The van der Waals surface area contributed by atoms with Crippen molar-refractivity contribution < 1.29 is 14.1 Å². The number of aromatic nitrogens is 2. The molecule has 1 aromatic carbocycles. The Bertz CT molecular complexity index is 767. The summed E-state index contributed by atoms with van der Waals surface area (Å²) in [5.41, 5.74) is 2.04. The summed E-state index contributed by atoms with van der Waals surface area (Å²) in [7, 11) is 1.53. The zero-order chi connectivity index (χ0) is 15.4. The third-order valence-electron chi connectivity index (χ3n) is 3.01. The summed E-state index contributed by atoms with van der Waals surface area (Å²) in [5.74, 6) is 0.223. The van der Waals surface area contributed by atoms with E-state index in [1.165, 1.54) is 13.3 Å². The molecule has 1 amide bonds. The van der Waals surface area contributed by atoms with Gasteiger partial charge in [0.05, 0.1) is 19.0 Å². The van der Waals surface area contributed by atoms with Crippen LogP contribution in [0.2, 0.25) is 0 Å². The van der Waals surface area contributed by atoms with Crippen LogP contribution < -0.4 is 10.1 Å². The molecule has 0 atom stereocenters. The lowest BCUT2D eigenvalue weighted by Crippen LogP contribution is -2.11. The molecule has 0 unspecified atom stereocenters. The number of amides is 1. The minimum absolute atomic E-state index is 0.134. The highest BCUT2D eigenvalue weighted by molar-refractivity contribution is 6.02. The van der Waals surface area contributed by atoms with E-state index in [-0.39, 0.29) is 11.7 Å². The molecule has 6 heteroatoms. The van der Waals surface area contributed by atoms with Crippen molar-refractivity contribution in [2.24, 2.45) is 0 Å². The summed E-state index contributed by atoms with van der Waals surface area (Å²) in [6.45, 7) is 0. The van der Waals surface area contributed by atoms with Gasteiger partial charge in [0.25, 0.3) is 5.91 Å². The van der Waals surface area contributed by atoms with Gasteiger partial charge in [0.2, 0.25) is 11.6 Å². The van der Waals surface area contributed by atoms with Gasteiger partial charge in [0, 0.05) is 17.7 Å². The Labute approximate surface area is 126 Å². The van der Waals surface area contributed by atoms with E-state index in [0.29, 0.717) is 17.3 Å². The number of hydrogen-bond acceptors (Lipinski definition) is 5. The fraction of sp³-hybridized carbons (Fsp3) is 0.0625. The highest BCUT2D eigenvalue weighted by Crippen LogP contribution is 2.19. The standard InChI is InChI=1S/C16H13N3O3/c1-21-15-8-7-12(10-17-15)18-16(20)14-9-13(19-22-14)11-5-3-2-4-6-11/h2-10H,1H3,(H,18,20). The Morgan fingerprint density at radius 1 is 1.18 bits per heavy atom. The highest BCUT2D eigenvalue weighted by Gasteiger charge is 2.14. The lowest BCUT2D eigenvalue weighted by atomic mass is 10.1. The molecule has 2 aromatic heterocycles. The molecule has 0 spiro atoms. The lowest BCUT2D eigenvalue weighted by molar-refractivity contribution is 0.0988.